The number of carbonyl (C=O) groups excluding carboxylic acids is 1. The SMILES string of the molecule is Cc1cnc(-c2cc(O[C@@H]3CCN(C)C3)cc(C(=O)NC(C)c3cnc(C(F)(F)F)nc3)c2)s1. The molecule has 1 N–H and O–H groups in total. The van der Waals surface area contributed by atoms with E-state index in [4.69, 9.17) is 4.74 Å². The Hall–Kier alpha value is -3.05. The summed E-state index contributed by atoms with van der Waals surface area (Å²) in [6, 6.07) is 4.68. The molecular formula is C23H24F3N5O2S. The second-order valence-corrected chi connectivity index (χ2v) is 9.58. The van der Waals surface area contributed by atoms with Crippen LogP contribution in [0.3, 0.4) is 0 Å². The highest BCUT2D eigenvalue weighted by Crippen LogP contribution is 2.31. The number of likely N-dealkylation sites (N-methyl/N-ethyl adjacent to an activating group) is 1. The predicted octanol–water partition coefficient (Wildman–Crippen LogP) is 4.50. The Labute approximate surface area is 199 Å². The van der Waals surface area contributed by atoms with Gasteiger partial charge >= 0.3 is 6.18 Å². The van der Waals surface area contributed by atoms with Crippen LogP contribution in [0.5, 0.6) is 5.75 Å². The van der Waals surface area contributed by atoms with E-state index < -0.39 is 23.9 Å². The van der Waals surface area contributed by atoms with Crippen molar-refractivity contribution >= 4 is 17.2 Å². The van der Waals surface area contributed by atoms with Gasteiger partial charge in [-0.25, -0.2) is 15.0 Å². The molecule has 0 spiro atoms. The summed E-state index contributed by atoms with van der Waals surface area (Å²) >= 11 is 1.51. The van der Waals surface area contributed by atoms with Gasteiger partial charge in [0.1, 0.15) is 16.9 Å². The standard InChI is InChI=1S/C23H24F3N5O2S/c1-13-9-27-21(34-13)16-6-15(7-19(8-16)33-18-4-5-31(3)12-18)20(32)30-14(2)17-10-28-22(29-11-17)23(24,25)26/h6-11,14,18H,4-5,12H2,1-3H3,(H,30,32)/t14?,18-/m1/s1. The molecule has 3 aromatic rings. The van der Waals surface area contributed by atoms with E-state index in [-0.39, 0.29) is 6.10 Å². The molecule has 180 valence electrons. The minimum absolute atomic E-state index is 0.0254. The van der Waals surface area contributed by atoms with Crippen LogP contribution >= 0.6 is 11.3 Å². The smallest absolute Gasteiger partial charge is 0.451 e. The zero-order valence-electron chi connectivity index (χ0n) is 18.9. The van der Waals surface area contributed by atoms with Crippen LogP contribution in [-0.2, 0) is 6.18 Å². The van der Waals surface area contributed by atoms with Crippen molar-refractivity contribution in [3.63, 3.8) is 0 Å². The monoisotopic (exact) mass is 491 g/mol. The number of aromatic nitrogens is 3. The molecule has 3 heterocycles. The summed E-state index contributed by atoms with van der Waals surface area (Å²) < 4.78 is 44.3. The van der Waals surface area contributed by atoms with E-state index in [1.165, 1.54) is 11.3 Å². The topological polar surface area (TPSA) is 80.2 Å². The molecule has 11 heteroatoms. The summed E-state index contributed by atoms with van der Waals surface area (Å²) in [5.41, 5.74) is 1.49. The molecular weight excluding hydrogens is 467 g/mol. The first kappa shape index (κ1) is 24.1. The van der Waals surface area contributed by atoms with Gasteiger partial charge in [-0.2, -0.15) is 13.2 Å². The lowest BCUT2D eigenvalue weighted by molar-refractivity contribution is -0.145. The molecule has 7 nitrogen and oxygen atoms in total. The van der Waals surface area contributed by atoms with E-state index in [2.05, 4.69) is 25.2 Å². The van der Waals surface area contributed by atoms with Gasteiger partial charge in [-0.3, -0.25) is 4.79 Å². The Morgan fingerprint density at radius 3 is 2.53 bits per heavy atom. The van der Waals surface area contributed by atoms with E-state index in [1.807, 2.05) is 20.0 Å². The maximum Gasteiger partial charge on any atom is 0.451 e. The van der Waals surface area contributed by atoms with E-state index in [1.54, 1.807) is 25.3 Å². The molecule has 1 fully saturated rings. The second-order valence-electron chi connectivity index (χ2n) is 8.35. The molecule has 1 saturated heterocycles. The molecule has 1 aromatic carbocycles. The number of nitrogens with zero attached hydrogens (tertiary/aromatic N) is 4. The van der Waals surface area contributed by atoms with Crippen molar-refractivity contribution in [2.45, 2.75) is 38.6 Å². The molecule has 4 rings (SSSR count). The Morgan fingerprint density at radius 1 is 1.21 bits per heavy atom. The van der Waals surface area contributed by atoms with E-state index in [9.17, 15) is 18.0 Å². The molecule has 1 aliphatic heterocycles. The second kappa shape index (κ2) is 9.67. The molecule has 0 radical (unpaired) electrons. The van der Waals surface area contributed by atoms with Gasteiger partial charge in [0.05, 0.1) is 6.04 Å². The number of hydrogen-bond donors (Lipinski definition) is 1. The number of likely N-dealkylation sites (tertiary alicyclic amines) is 1. The highest BCUT2D eigenvalue weighted by Gasteiger charge is 2.34. The quantitative estimate of drug-likeness (QED) is 0.547. The van der Waals surface area contributed by atoms with Gasteiger partial charge in [0.15, 0.2) is 0 Å². The van der Waals surface area contributed by atoms with Crippen molar-refractivity contribution in [1.29, 1.82) is 0 Å². The van der Waals surface area contributed by atoms with Crippen molar-refractivity contribution in [3.05, 3.63) is 58.6 Å². The fraction of sp³-hybridized carbons (Fsp3) is 0.391. The molecule has 1 amide bonds. The largest absolute Gasteiger partial charge is 0.489 e. The number of rotatable bonds is 6. The first-order valence-corrected chi connectivity index (χ1v) is 11.5. The van der Waals surface area contributed by atoms with Crippen molar-refractivity contribution < 1.29 is 22.7 Å². The number of benzene rings is 1. The molecule has 1 aliphatic rings. The number of ether oxygens (including phenoxy) is 1. The highest BCUT2D eigenvalue weighted by molar-refractivity contribution is 7.14. The average molecular weight is 492 g/mol. The predicted molar refractivity (Wildman–Crippen MR) is 122 cm³/mol. The summed E-state index contributed by atoms with van der Waals surface area (Å²) in [5, 5.41) is 3.57. The number of hydrogen-bond acceptors (Lipinski definition) is 7. The van der Waals surface area contributed by atoms with Crippen molar-refractivity contribution in [2.75, 3.05) is 20.1 Å². The van der Waals surface area contributed by atoms with Gasteiger partial charge < -0.3 is 15.0 Å². The van der Waals surface area contributed by atoms with Crippen molar-refractivity contribution in [3.8, 4) is 16.3 Å². The number of nitrogens with one attached hydrogen (secondary N) is 1. The highest BCUT2D eigenvalue weighted by atomic mass is 32.1. The zero-order chi connectivity index (χ0) is 24.5. The van der Waals surface area contributed by atoms with Crippen LogP contribution in [0.1, 0.15) is 46.0 Å². The normalized spacial score (nSPS) is 17.5. The third-order valence-electron chi connectivity index (χ3n) is 5.46. The average Bonchev–Trinajstić information content (AvgIpc) is 3.40. The van der Waals surface area contributed by atoms with Crippen molar-refractivity contribution in [2.24, 2.45) is 0 Å². The first-order chi connectivity index (χ1) is 16.1. The Kier molecular flexibility index (Phi) is 6.85. The zero-order valence-corrected chi connectivity index (χ0v) is 19.7. The summed E-state index contributed by atoms with van der Waals surface area (Å²) in [6.45, 7) is 5.35. The van der Waals surface area contributed by atoms with Gasteiger partial charge in [-0.05, 0) is 45.5 Å². The number of alkyl halides is 3. The minimum Gasteiger partial charge on any atom is -0.489 e. The number of amides is 1. The van der Waals surface area contributed by atoms with Crippen LogP contribution in [0.4, 0.5) is 13.2 Å². The van der Waals surface area contributed by atoms with Gasteiger partial charge in [0.25, 0.3) is 5.91 Å². The molecule has 2 atom stereocenters. The Bertz CT molecular complexity index is 1170. The molecule has 34 heavy (non-hydrogen) atoms. The van der Waals surface area contributed by atoms with Crippen LogP contribution in [0.25, 0.3) is 10.6 Å². The Morgan fingerprint density at radius 2 is 1.94 bits per heavy atom. The van der Waals surface area contributed by atoms with E-state index in [0.29, 0.717) is 16.9 Å². The molecule has 1 unspecified atom stereocenters. The summed E-state index contributed by atoms with van der Waals surface area (Å²) in [5.74, 6) is -1.04. The van der Waals surface area contributed by atoms with Gasteiger partial charge in [-0.1, -0.05) is 0 Å². The Balaban J connectivity index is 1.56. The van der Waals surface area contributed by atoms with Crippen LogP contribution < -0.4 is 10.1 Å². The fourth-order valence-electron chi connectivity index (χ4n) is 3.66. The molecule has 0 bridgehead atoms. The number of halogens is 3. The summed E-state index contributed by atoms with van der Waals surface area (Å²) in [4.78, 5) is 27.5. The lowest BCUT2D eigenvalue weighted by Crippen LogP contribution is -2.27. The van der Waals surface area contributed by atoms with E-state index >= 15 is 0 Å². The van der Waals surface area contributed by atoms with E-state index in [0.717, 1.165) is 47.4 Å². The third kappa shape index (κ3) is 5.71. The van der Waals surface area contributed by atoms with Crippen LogP contribution in [-0.4, -0.2) is 52.0 Å². The van der Waals surface area contributed by atoms with Gasteiger partial charge in [0, 0.05) is 53.2 Å². The van der Waals surface area contributed by atoms with Crippen LogP contribution in [0.2, 0.25) is 0 Å². The minimum atomic E-state index is -4.62. The lowest BCUT2D eigenvalue weighted by Gasteiger charge is -2.17. The number of aryl methyl sites for hydroxylation is 1. The summed E-state index contributed by atoms with van der Waals surface area (Å²) in [6.07, 6.45) is 0.207. The maximum atomic E-state index is 13.1. The van der Waals surface area contributed by atoms with Gasteiger partial charge in [0.2, 0.25) is 5.82 Å². The molecule has 0 aliphatic carbocycles. The summed E-state index contributed by atoms with van der Waals surface area (Å²) in [7, 11) is 2.03. The van der Waals surface area contributed by atoms with Crippen molar-refractivity contribution in [1.82, 2.24) is 25.2 Å². The lowest BCUT2D eigenvalue weighted by atomic mass is 10.1. The third-order valence-corrected chi connectivity index (χ3v) is 6.42. The first-order valence-electron chi connectivity index (χ1n) is 10.7. The van der Waals surface area contributed by atoms with Crippen LogP contribution in [0, 0.1) is 6.92 Å². The molecule has 2 aromatic heterocycles. The molecule has 0 saturated carbocycles. The van der Waals surface area contributed by atoms with Crippen LogP contribution in [0.15, 0.2) is 36.8 Å². The number of carbonyl (C=O) groups is 1. The number of thiazole rings is 1. The van der Waals surface area contributed by atoms with Gasteiger partial charge in [-0.15, -0.1) is 11.3 Å². The maximum absolute atomic E-state index is 13.1. The fourth-order valence-corrected chi connectivity index (χ4v) is 4.42.